The second kappa shape index (κ2) is 7.25. The number of hydrogen-bond donors (Lipinski definition) is 1. The van der Waals surface area contributed by atoms with Gasteiger partial charge in [0.1, 0.15) is 5.75 Å². The lowest BCUT2D eigenvalue weighted by Gasteiger charge is -2.05. The number of aryl methyl sites for hydroxylation is 1. The topological polar surface area (TPSA) is 46.5 Å². The Hall–Kier alpha value is -2.10. The number of aliphatic hydroxyl groups is 1. The highest BCUT2D eigenvalue weighted by Crippen LogP contribution is 2.22. The molecule has 0 aliphatic rings. The van der Waals surface area contributed by atoms with Gasteiger partial charge in [0, 0.05) is 5.56 Å². The van der Waals surface area contributed by atoms with Crippen molar-refractivity contribution in [2.45, 2.75) is 13.5 Å². The molecule has 0 atom stereocenters. The standard InChI is InChI=1S/C18H17ClO3/c1-12-9-14(5-8-17(12)22-2)10-16(19)18(21)15-6-3-13(11-20)4-7-15/h3-10,20H,11H2,1-2H3/b16-10-. The number of hydrogen-bond acceptors (Lipinski definition) is 3. The average molecular weight is 317 g/mol. The quantitative estimate of drug-likeness (QED) is 0.671. The third kappa shape index (κ3) is 3.75. The number of aliphatic hydroxyl groups excluding tert-OH is 1. The fourth-order valence-corrected chi connectivity index (χ4v) is 2.34. The summed E-state index contributed by atoms with van der Waals surface area (Å²) >= 11 is 6.13. The summed E-state index contributed by atoms with van der Waals surface area (Å²) in [5, 5.41) is 9.15. The molecule has 0 radical (unpaired) electrons. The summed E-state index contributed by atoms with van der Waals surface area (Å²) in [7, 11) is 1.62. The molecule has 0 unspecified atom stereocenters. The van der Waals surface area contributed by atoms with Gasteiger partial charge in [0.25, 0.3) is 0 Å². The Morgan fingerprint density at radius 1 is 1.23 bits per heavy atom. The molecule has 0 saturated heterocycles. The molecular formula is C18H17ClO3. The SMILES string of the molecule is COc1ccc(/C=C(\Cl)C(=O)c2ccc(CO)cc2)cc1C. The largest absolute Gasteiger partial charge is 0.496 e. The van der Waals surface area contributed by atoms with Gasteiger partial charge >= 0.3 is 0 Å². The van der Waals surface area contributed by atoms with E-state index in [1.165, 1.54) is 0 Å². The zero-order chi connectivity index (χ0) is 16.1. The molecule has 1 N–H and O–H groups in total. The number of allylic oxidation sites excluding steroid dienone is 1. The number of ether oxygens (including phenoxy) is 1. The van der Waals surface area contributed by atoms with Crippen LogP contribution in [0.3, 0.4) is 0 Å². The number of benzene rings is 2. The van der Waals surface area contributed by atoms with Crippen LogP contribution in [0.25, 0.3) is 6.08 Å². The van der Waals surface area contributed by atoms with E-state index in [1.54, 1.807) is 37.5 Å². The van der Waals surface area contributed by atoms with Crippen LogP contribution in [0.4, 0.5) is 0 Å². The van der Waals surface area contributed by atoms with Gasteiger partial charge in [-0.2, -0.15) is 0 Å². The molecule has 0 spiro atoms. The number of Topliss-reactive ketones (excluding diaryl/α,β-unsaturated/α-hetero) is 1. The van der Waals surface area contributed by atoms with Crippen LogP contribution >= 0.6 is 11.6 Å². The van der Waals surface area contributed by atoms with E-state index in [0.717, 1.165) is 22.4 Å². The molecule has 0 aliphatic carbocycles. The zero-order valence-electron chi connectivity index (χ0n) is 12.5. The normalized spacial score (nSPS) is 11.4. The summed E-state index contributed by atoms with van der Waals surface area (Å²) in [5.41, 5.74) is 3.05. The molecule has 22 heavy (non-hydrogen) atoms. The van der Waals surface area contributed by atoms with E-state index in [-0.39, 0.29) is 17.4 Å². The Labute approximate surface area is 134 Å². The zero-order valence-corrected chi connectivity index (χ0v) is 13.2. The van der Waals surface area contributed by atoms with E-state index in [0.29, 0.717) is 5.56 Å². The van der Waals surface area contributed by atoms with Crippen LogP contribution in [0.2, 0.25) is 0 Å². The van der Waals surface area contributed by atoms with Gasteiger partial charge in [-0.05, 0) is 41.8 Å². The highest BCUT2D eigenvalue weighted by Gasteiger charge is 2.10. The summed E-state index contributed by atoms with van der Waals surface area (Å²) in [6, 6.07) is 12.3. The predicted molar refractivity (Wildman–Crippen MR) is 88.3 cm³/mol. The molecule has 2 rings (SSSR count). The first-order valence-corrected chi connectivity index (χ1v) is 7.19. The lowest BCUT2D eigenvalue weighted by atomic mass is 10.1. The van der Waals surface area contributed by atoms with Gasteiger partial charge in [0.15, 0.2) is 0 Å². The van der Waals surface area contributed by atoms with Crippen molar-refractivity contribution in [2.24, 2.45) is 0 Å². The van der Waals surface area contributed by atoms with Crippen molar-refractivity contribution in [1.29, 1.82) is 0 Å². The smallest absolute Gasteiger partial charge is 0.204 e. The summed E-state index contributed by atoms with van der Waals surface area (Å²) in [6.45, 7) is 1.88. The van der Waals surface area contributed by atoms with E-state index in [1.807, 2.05) is 25.1 Å². The van der Waals surface area contributed by atoms with Gasteiger partial charge in [-0.1, -0.05) is 41.9 Å². The van der Waals surface area contributed by atoms with Gasteiger partial charge < -0.3 is 9.84 Å². The first-order valence-electron chi connectivity index (χ1n) is 6.81. The van der Waals surface area contributed by atoms with E-state index in [2.05, 4.69) is 0 Å². The monoisotopic (exact) mass is 316 g/mol. The number of carbonyl (C=O) groups is 1. The number of methoxy groups -OCH3 is 1. The molecule has 0 fully saturated rings. The van der Waals surface area contributed by atoms with Crippen LogP contribution in [0.15, 0.2) is 47.5 Å². The molecule has 0 aliphatic heterocycles. The van der Waals surface area contributed by atoms with Gasteiger partial charge in [-0.15, -0.1) is 0 Å². The van der Waals surface area contributed by atoms with E-state index in [4.69, 9.17) is 21.4 Å². The molecule has 0 bridgehead atoms. The Morgan fingerprint density at radius 2 is 1.91 bits per heavy atom. The van der Waals surface area contributed by atoms with Crippen molar-refractivity contribution in [3.63, 3.8) is 0 Å². The fourth-order valence-electron chi connectivity index (χ4n) is 2.10. The third-order valence-corrected chi connectivity index (χ3v) is 3.61. The minimum absolute atomic E-state index is 0.0524. The average Bonchev–Trinajstić information content (AvgIpc) is 2.54. The second-order valence-electron chi connectivity index (χ2n) is 4.91. The Morgan fingerprint density at radius 3 is 2.45 bits per heavy atom. The third-order valence-electron chi connectivity index (χ3n) is 3.33. The Balaban J connectivity index is 2.23. The molecule has 3 nitrogen and oxygen atoms in total. The van der Waals surface area contributed by atoms with Crippen molar-refractivity contribution in [1.82, 2.24) is 0 Å². The lowest BCUT2D eigenvalue weighted by Crippen LogP contribution is -1.99. The Bertz CT molecular complexity index is 703. The molecule has 4 heteroatoms. The van der Waals surface area contributed by atoms with Crippen molar-refractivity contribution in [3.05, 3.63) is 69.8 Å². The first-order chi connectivity index (χ1) is 10.5. The van der Waals surface area contributed by atoms with Crippen LogP contribution in [-0.4, -0.2) is 18.0 Å². The molecule has 0 aromatic heterocycles. The van der Waals surface area contributed by atoms with E-state index >= 15 is 0 Å². The molecule has 2 aromatic carbocycles. The van der Waals surface area contributed by atoms with Crippen LogP contribution in [0.5, 0.6) is 5.75 Å². The molecule has 0 saturated carbocycles. The summed E-state index contributed by atoms with van der Waals surface area (Å²) < 4.78 is 5.20. The maximum atomic E-state index is 12.3. The van der Waals surface area contributed by atoms with Crippen molar-refractivity contribution < 1.29 is 14.6 Å². The van der Waals surface area contributed by atoms with Crippen molar-refractivity contribution in [3.8, 4) is 5.75 Å². The highest BCUT2D eigenvalue weighted by atomic mass is 35.5. The number of carbonyl (C=O) groups excluding carboxylic acids is 1. The number of halogens is 1. The minimum atomic E-state index is -0.250. The van der Waals surface area contributed by atoms with Crippen molar-refractivity contribution in [2.75, 3.05) is 7.11 Å². The number of rotatable bonds is 5. The second-order valence-corrected chi connectivity index (χ2v) is 5.31. The molecule has 114 valence electrons. The predicted octanol–water partition coefficient (Wildman–Crippen LogP) is 3.96. The first kappa shape index (κ1) is 16.3. The van der Waals surface area contributed by atoms with E-state index in [9.17, 15) is 4.79 Å². The Kier molecular flexibility index (Phi) is 5.36. The minimum Gasteiger partial charge on any atom is -0.496 e. The lowest BCUT2D eigenvalue weighted by molar-refractivity contribution is 0.104. The summed E-state index contributed by atoms with van der Waals surface area (Å²) in [5.74, 6) is 0.541. The maximum absolute atomic E-state index is 12.3. The van der Waals surface area contributed by atoms with Crippen LogP contribution in [0, 0.1) is 6.92 Å². The van der Waals surface area contributed by atoms with Crippen molar-refractivity contribution >= 4 is 23.5 Å². The molecule has 0 heterocycles. The van der Waals surface area contributed by atoms with Crippen LogP contribution < -0.4 is 4.74 Å². The molecular weight excluding hydrogens is 300 g/mol. The van der Waals surface area contributed by atoms with Crippen LogP contribution in [-0.2, 0) is 6.61 Å². The summed E-state index contributed by atoms with van der Waals surface area (Å²) in [6.07, 6.45) is 1.64. The van der Waals surface area contributed by atoms with Gasteiger partial charge in [0.05, 0.1) is 18.7 Å². The molecule has 0 amide bonds. The molecule has 2 aromatic rings. The summed E-state index contributed by atoms with van der Waals surface area (Å²) in [4.78, 5) is 12.3. The number of ketones is 1. The fraction of sp³-hybridized carbons (Fsp3) is 0.167. The van der Waals surface area contributed by atoms with Gasteiger partial charge in [-0.25, -0.2) is 0 Å². The van der Waals surface area contributed by atoms with Gasteiger partial charge in [-0.3, -0.25) is 4.79 Å². The maximum Gasteiger partial charge on any atom is 0.204 e. The van der Waals surface area contributed by atoms with Gasteiger partial charge in [0.2, 0.25) is 5.78 Å². The van der Waals surface area contributed by atoms with E-state index < -0.39 is 0 Å². The van der Waals surface area contributed by atoms with Crippen LogP contribution in [0.1, 0.15) is 27.0 Å². The highest BCUT2D eigenvalue weighted by molar-refractivity contribution is 6.47.